The molecule has 2 heterocycles. The summed E-state index contributed by atoms with van der Waals surface area (Å²) in [5, 5.41) is 12.0. The average molecular weight is 460 g/mol. The van der Waals surface area contributed by atoms with E-state index in [1.54, 1.807) is 49.0 Å². The van der Waals surface area contributed by atoms with Crippen LogP contribution in [0.2, 0.25) is 0 Å². The van der Waals surface area contributed by atoms with E-state index < -0.39 is 17.4 Å². The van der Waals surface area contributed by atoms with Crippen LogP contribution in [0.25, 0.3) is 16.6 Å². The van der Waals surface area contributed by atoms with Crippen molar-refractivity contribution < 1.29 is 14.3 Å². The number of nitrogens with zero attached hydrogens (tertiary/aromatic N) is 4. The second-order valence-corrected chi connectivity index (χ2v) is 7.97. The first-order valence-corrected chi connectivity index (χ1v) is 10.9. The molecule has 1 N–H and O–H groups in total. The van der Waals surface area contributed by atoms with Gasteiger partial charge < -0.3 is 10.1 Å². The van der Waals surface area contributed by atoms with E-state index in [-0.39, 0.29) is 18.7 Å². The predicted molar refractivity (Wildman–Crippen MR) is 128 cm³/mol. The van der Waals surface area contributed by atoms with Gasteiger partial charge in [0.2, 0.25) is 5.91 Å². The Bertz CT molecular complexity index is 1470. The number of amides is 1. The van der Waals surface area contributed by atoms with E-state index in [9.17, 15) is 14.4 Å². The Labute approximate surface area is 196 Å². The summed E-state index contributed by atoms with van der Waals surface area (Å²) in [5.41, 5.74) is 3.88. The summed E-state index contributed by atoms with van der Waals surface area (Å²) in [6.07, 6.45) is 1.61. The number of hydrogen-bond donors (Lipinski definition) is 1. The van der Waals surface area contributed by atoms with E-state index in [4.69, 9.17) is 4.74 Å². The van der Waals surface area contributed by atoms with E-state index in [0.717, 1.165) is 21.5 Å². The Morgan fingerprint density at radius 3 is 2.59 bits per heavy atom. The minimum Gasteiger partial charge on any atom is -0.462 e. The quantitative estimate of drug-likeness (QED) is 0.443. The molecule has 2 aromatic heterocycles. The van der Waals surface area contributed by atoms with E-state index in [1.807, 2.05) is 32.0 Å². The number of benzene rings is 2. The smallest absolute Gasteiger partial charge is 0.340 e. The summed E-state index contributed by atoms with van der Waals surface area (Å²) in [5.74, 6) is -1.04. The number of aryl methyl sites for hydroxylation is 3. The van der Waals surface area contributed by atoms with Crippen molar-refractivity contribution in [3.63, 3.8) is 0 Å². The minimum atomic E-state index is -0.539. The van der Waals surface area contributed by atoms with Gasteiger partial charge in [-0.05, 0) is 51.5 Å². The summed E-state index contributed by atoms with van der Waals surface area (Å²) in [6, 6.07) is 12.4. The molecule has 34 heavy (non-hydrogen) atoms. The van der Waals surface area contributed by atoms with Crippen molar-refractivity contribution in [1.29, 1.82) is 0 Å². The first-order chi connectivity index (χ1) is 16.3. The van der Waals surface area contributed by atoms with Crippen molar-refractivity contribution in [1.82, 2.24) is 19.6 Å². The molecule has 9 heteroatoms. The highest BCUT2D eigenvalue weighted by atomic mass is 16.5. The van der Waals surface area contributed by atoms with Crippen LogP contribution in [0.5, 0.6) is 0 Å². The number of aromatic nitrogens is 4. The molecule has 2 aromatic carbocycles. The molecular formula is C25H25N5O4. The molecule has 0 unspecified atom stereocenters. The lowest BCUT2D eigenvalue weighted by molar-refractivity contribution is -0.117. The number of carbonyl (C=O) groups is 2. The Hall–Kier alpha value is -4.27. The van der Waals surface area contributed by atoms with Crippen molar-refractivity contribution in [2.75, 3.05) is 11.9 Å². The van der Waals surface area contributed by atoms with Gasteiger partial charge in [-0.25, -0.2) is 14.2 Å². The number of esters is 1. The fourth-order valence-corrected chi connectivity index (χ4v) is 3.86. The first-order valence-electron chi connectivity index (χ1n) is 10.9. The summed E-state index contributed by atoms with van der Waals surface area (Å²) < 4.78 is 7.75. The molecule has 0 bridgehead atoms. The second-order valence-electron chi connectivity index (χ2n) is 7.97. The lowest BCUT2D eigenvalue weighted by Crippen LogP contribution is -2.31. The predicted octanol–water partition coefficient (Wildman–Crippen LogP) is 3.32. The Morgan fingerprint density at radius 2 is 1.85 bits per heavy atom. The van der Waals surface area contributed by atoms with Crippen LogP contribution in [0.4, 0.5) is 5.69 Å². The van der Waals surface area contributed by atoms with Gasteiger partial charge in [0.05, 0.1) is 35.4 Å². The molecule has 4 rings (SSSR count). The monoisotopic (exact) mass is 459 g/mol. The van der Waals surface area contributed by atoms with Crippen LogP contribution in [-0.2, 0) is 16.1 Å². The van der Waals surface area contributed by atoms with Crippen LogP contribution in [0.1, 0.15) is 34.1 Å². The highest BCUT2D eigenvalue weighted by Crippen LogP contribution is 2.21. The van der Waals surface area contributed by atoms with E-state index in [1.165, 1.54) is 0 Å². The van der Waals surface area contributed by atoms with Gasteiger partial charge >= 0.3 is 5.97 Å². The third-order valence-electron chi connectivity index (χ3n) is 5.44. The van der Waals surface area contributed by atoms with Crippen molar-refractivity contribution in [3.8, 4) is 5.69 Å². The Morgan fingerprint density at radius 1 is 1.09 bits per heavy atom. The molecule has 0 fully saturated rings. The second kappa shape index (κ2) is 9.30. The van der Waals surface area contributed by atoms with Crippen molar-refractivity contribution in [2.45, 2.75) is 34.2 Å². The summed E-state index contributed by atoms with van der Waals surface area (Å²) >= 11 is 0. The maximum Gasteiger partial charge on any atom is 0.340 e. The molecule has 0 atom stereocenters. The molecule has 0 aliphatic rings. The zero-order chi connectivity index (χ0) is 24.4. The standard InChI is InChI=1S/C25H25N5O4/c1-5-34-25(33)18-8-6-7-9-20(18)27-22(31)14-29-24(32)23-19(17(4)28-29)13-26-30(23)21-11-10-15(2)12-16(21)3/h6-13H,5,14H2,1-4H3,(H,27,31). The summed E-state index contributed by atoms with van der Waals surface area (Å²) in [4.78, 5) is 38.4. The molecule has 4 aromatic rings. The topological polar surface area (TPSA) is 108 Å². The van der Waals surface area contributed by atoms with Gasteiger partial charge in [-0.1, -0.05) is 29.8 Å². The zero-order valence-electron chi connectivity index (χ0n) is 19.5. The third-order valence-corrected chi connectivity index (χ3v) is 5.44. The van der Waals surface area contributed by atoms with Gasteiger partial charge in [-0.3, -0.25) is 9.59 Å². The number of hydrogen-bond acceptors (Lipinski definition) is 6. The maximum atomic E-state index is 13.3. The largest absolute Gasteiger partial charge is 0.462 e. The number of ether oxygens (including phenoxy) is 1. The third kappa shape index (κ3) is 4.32. The zero-order valence-corrected chi connectivity index (χ0v) is 19.5. The minimum absolute atomic E-state index is 0.216. The average Bonchev–Trinajstić information content (AvgIpc) is 3.23. The van der Waals surface area contributed by atoms with Crippen molar-refractivity contribution >= 4 is 28.5 Å². The van der Waals surface area contributed by atoms with E-state index >= 15 is 0 Å². The number of fused-ring (bicyclic) bond motifs is 1. The van der Waals surface area contributed by atoms with Gasteiger partial charge in [-0.2, -0.15) is 10.2 Å². The molecule has 0 aliphatic heterocycles. The summed E-state index contributed by atoms with van der Waals surface area (Å²) in [7, 11) is 0. The van der Waals surface area contributed by atoms with Gasteiger partial charge in [0.25, 0.3) is 5.56 Å². The van der Waals surface area contributed by atoms with Crippen molar-refractivity contribution in [3.05, 3.63) is 81.4 Å². The van der Waals surface area contributed by atoms with Gasteiger partial charge in [0.1, 0.15) is 12.1 Å². The first kappa shape index (κ1) is 22.9. The van der Waals surface area contributed by atoms with Crippen LogP contribution in [0, 0.1) is 20.8 Å². The van der Waals surface area contributed by atoms with Crippen molar-refractivity contribution in [2.24, 2.45) is 0 Å². The molecule has 174 valence electrons. The Kier molecular flexibility index (Phi) is 6.27. The van der Waals surface area contributed by atoms with Crippen LogP contribution < -0.4 is 10.9 Å². The van der Waals surface area contributed by atoms with Crippen LogP contribution >= 0.6 is 0 Å². The fraction of sp³-hybridized carbons (Fsp3) is 0.240. The molecule has 0 saturated heterocycles. The van der Waals surface area contributed by atoms with Gasteiger partial charge in [-0.15, -0.1) is 0 Å². The van der Waals surface area contributed by atoms with Crippen LogP contribution in [-0.4, -0.2) is 38.0 Å². The van der Waals surface area contributed by atoms with Gasteiger partial charge in [0, 0.05) is 5.39 Å². The maximum absolute atomic E-state index is 13.3. The molecule has 0 radical (unpaired) electrons. The number of rotatable bonds is 6. The highest BCUT2D eigenvalue weighted by molar-refractivity contribution is 6.01. The SMILES string of the molecule is CCOC(=O)c1ccccc1NC(=O)Cn1nc(C)c2cnn(-c3ccc(C)cc3C)c2c1=O. The number of anilines is 1. The summed E-state index contributed by atoms with van der Waals surface area (Å²) in [6.45, 7) is 7.31. The molecular weight excluding hydrogens is 434 g/mol. The lowest BCUT2D eigenvalue weighted by Gasteiger charge is -2.12. The molecule has 0 saturated carbocycles. The number of nitrogens with one attached hydrogen (secondary N) is 1. The number of para-hydroxylation sites is 1. The highest BCUT2D eigenvalue weighted by Gasteiger charge is 2.19. The Balaban J connectivity index is 1.69. The van der Waals surface area contributed by atoms with E-state index in [0.29, 0.717) is 22.3 Å². The van der Waals surface area contributed by atoms with Crippen LogP contribution in [0.15, 0.2) is 53.5 Å². The molecule has 0 spiro atoms. The fourth-order valence-electron chi connectivity index (χ4n) is 3.86. The van der Waals surface area contributed by atoms with E-state index in [2.05, 4.69) is 15.5 Å². The molecule has 9 nitrogen and oxygen atoms in total. The van der Waals surface area contributed by atoms with Gasteiger partial charge in [0.15, 0.2) is 0 Å². The normalized spacial score (nSPS) is 10.9. The molecule has 1 amide bonds. The lowest BCUT2D eigenvalue weighted by atomic mass is 10.1. The van der Waals surface area contributed by atoms with Crippen LogP contribution in [0.3, 0.4) is 0 Å². The molecule has 0 aliphatic carbocycles. The number of carbonyl (C=O) groups excluding carboxylic acids is 2.